The van der Waals surface area contributed by atoms with Crippen LogP contribution in [0.15, 0.2) is 12.1 Å². The van der Waals surface area contributed by atoms with E-state index in [1.807, 2.05) is 0 Å². The number of aromatic hydroxyl groups is 1. The standard InChI is InChI=1S/C9H8F3NO4/c1-2-17-8-3-5(9(10,11)12)7(14)4-6(8)13(15)16/h3-4,14H,2H2,1H3. The van der Waals surface area contributed by atoms with Crippen LogP contribution in [0.3, 0.4) is 0 Å². The Labute approximate surface area is 93.6 Å². The molecule has 8 heteroatoms. The van der Waals surface area contributed by atoms with Crippen LogP contribution >= 0.6 is 0 Å². The minimum Gasteiger partial charge on any atom is -0.507 e. The predicted octanol–water partition coefficient (Wildman–Crippen LogP) is 2.72. The molecule has 0 unspecified atom stereocenters. The SMILES string of the molecule is CCOc1cc(C(F)(F)F)c(O)cc1[N+](=O)[O-]. The Balaban J connectivity index is 3.40. The lowest BCUT2D eigenvalue weighted by Gasteiger charge is -2.11. The Morgan fingerprint density at radius 2 is 2.06 bits per heavy atom. The Morgan fingerprint density at radius 3 is 2.47 bits per heavy atom. The fourth-order valence-corrected chi connectivity index (χ4v) is 1.20. The lowest BCUT2D eigenvalue weighted by Crippen LogP contribution is -2.07. The second-order valence-corrected chi connectivity index (χ2v) is 3.02. The fraction of sp³-hybridized carbons (Fsp3) is 0.333. The van der Waals surface area contributed by atoms with E-state index in [0.29, 0.717) is 12.1 Å². The third kappa shape index (κ3) is 2.77. The molecule has 0 aliphatic rings. The Bertz CT molecular complexity index is 445. The number of halogens is 3. The highest BCUT2D eigenvalue weighted by Gasteiger charge is 2.36. The molecular weight excluding hydrogens is 243 g/mol. The van der Waals surface area contributed by atoms with Crippen molar-refractivity contribution >= 4 is 5.69 Å². The molecule has 0 bridgehead atoms. The quantitative estimate of drug-likeness (QED) is 0.662. The molecule has 0 amide bonds. The van der Waals surface area contributed by atoms with E-state index in [4.69, 9.17) is 9.84 Å². The van der Waals surface area contributed by atoms with E-state index < -0.39 is 33.8 Å². The summed E-state index contributed by atoms with van der Waals surface area (Å²) in [6.45, 7) is 1.45. The zero-order valence-electron chi connectivity index (χ0n) is 8.61. The maximum Gasteiger partial charge on any atom is 0.420 e. The molecule has 1 N–H and O–H groups in total. The molecule has 17 heavy (non-hydrogen) atoms. The maximum atomic E-state index is 12.4. The zero-order valence-corrected chi connectivity index (χ0v) is 8.61. The molecule has 1 rings (SSSR count). The van der Waals surface area contributed by atoms with Gasteiger partial charge in [-0.25, -0.2) is 0 Å². The van der Waals surface area contributed by atoms with Crippen molar-refractivity contribution in [3.8, 4) is 11.5 Å². The van der Waals surface area contributed by atoms with Crippen molar-refractivity contribution in [1.82, 2.24) is 0 Å². The van der Waals surface area contributed by atoms with Crippen LogP contribution in [-0.2, 0) is 6.18 Å². The zero-order chi connectivity index (χ0) is 13.2. The summed E-state index contributed by atoms with van der Waals surface area (Å²) >= 11 is 0. The molecule has 0 heterocycles. The minimum absolute atomic E-state index is 0.0249. The molecule has 0 atom stereocenters. The number of nitrogens with zero attached hydrogens (tertiary/aromatic N) is 1. The Kier molecular flexibility index (Phi) is 3.45. The van der Waals surface area contributed by atoms with Gasteiger partial charge in [-0.3, -0.25) is 10.1 Å². The van der Waals surface area contributed by atoms with Crippen molar-refractivity contribution in [2.75, 3.05) is 6.61 Å². The molecule has 0 radical (unpaired) electrons. The van der Waals surface area contributed by atoms with E-state index in [1.54, 1.807) is 0 Å². The van der Waals surface area contributed by atoms with Gasteiger partial charge in [0, 0.05) is 6.07 Å². The average molecular weight is 251 g/mol. The van der Waals surface area contributed by atoms with Crippen molar-refractivity contribution in [2.45, 2.75) is 13.1 Å². The van der Waals surface area contributed by atoms with E-state index >= 15 is 0 Å². The number of alkyl halides is 3. The van der Waals surface area contributed by atoms with Crippen LogP contribution in [0.5, 0.6) is 11.5 Å². The first kappa shape index (κ1) is 13.1. The van der Waals surface area contributed by atoms with Gasteiger partial charge in [0.1, 0.15) is 11.3 Å². The number of nitro groups is 1. The topological polar surface area (TPSA) is 72.6 Å². The lowest BCUT2D eigenvalue weighted by molar-refractivity contribution is -0.386. The monoisotopic (exact) mass is 251 g/mol. The number of phenols is 1. The van der Waals surface area contributed by atoms with E-state index in [1.165, 1.54) is 6.92 Å². The number of nitro benzene ring substituents is 1. The number of hydrogen-bond donors (Lipinski definition) is 1. The van der Waals surface area contributed by atoms with Gasteiger partial charge in [-0.05, 0) is 6.92 Å². The summed E-state index contributed by atoms with van der Waals surface area (Å²) in [6.07, 6.45) is -4.80. The van der Waals surface area contributed by atoms with Crippen LogP contribution in [0.4, 0.5) is 18.9 Å². The fourth-order valence-electron chi connectivity index (χ4n) is 1.20. The molecule has 0 spiro atoms. The maximum absolute atomic E-state index is 12.4. The highest BCUT2D eigenvalue weighted by molar-refractivity contribution is 5.55. The van der Waals surface area contributed by atoms with Crippen molar-refractivity contribution in [3.63, 3.8) is 0 Å². The van der Waals surface area contributed by atoms with Gasteiger partial charge >= 0.3 is 11.9 Å². The van der Waals surface area contributed by atoms with Gasteiger partial charge in [-0.2, -0.15) is 13.2 Å². The molecule has 0 aliphatic heterocycles. The highest BCUT2D eigenvalue weighted by atomic mass is 19.4. The molecule has 0 aromatic heterocycles. The van der Waals surface area contributed by atoms with Crippen molar-refractivity contribution in [1.29, 1.82) is 0 Å². The van der Waals surface area contributed by atoms with Crippen LogP contribution in [0.1, 0.15) is 12.5 Å². The average Bonchev–Trinajstić information content (AvgIpc) is 2.18. The van der Waals surface area contributed by atoms with Gasteiger partial charge < -0.3 is 9.84 Å². The molecule has 5 nitrogen and oxygen atoms in total. The van der Waals surface area contributed by atoms with E-state index in [9.17, 15) is 23.3 Å². The first-order chi connectivity index (χ1) is 7.77. The summed E-state index contributed by atoms with van der Waals surface area (Å²) in [5.41, 5.74) is -2.08. The van der Waals surface area contributed by atoms with Crippen LogP contribution in [-0.4, -0.2) is 16.6 Å². The molecule has 0 fully saturated rings. The van der Waals surface area contributed by atoms with Crippen LogP contribution in [0.2, 0.25) is 0 Å². The largest absolute Gasteiger partial charge is 0.507 e. The first-order valence-corrected chi connectivity index (χ1v) is 4.48. The van der Waals surface area contributed by atoms with Crippen molar-refractivity contribution in [2.24, 2.45) is 0 Å². The lowest BCUT2D eigenvalue weighted by atomic mass is 10.1. The predicted molar refractivity (Wildman–Crippen MR) is 50.9 cm³/mol. The molecule has 1 aromatic carbocycles. The number of rotatable bonds is 3. The van der Waals surface area contributed by atoms with Gasteiger partial charge in [0.15, 0.2) is 5.75 Å². The first-order valence-electron chi connectivity index (χ1n) is 4.48. The number of hydrogen-bond acceptors (Lipinski definition) is 4. The summed E-state index contributed by atoms with van der Waals surface area (Å²) in [6, 6.07) is 0.838. The van der Waals surface area contributed by atoms with Gasteiger partial charge in [-0.15, -0.1) is 0 Å². The molecular formula is C9H8F3NO4. The normalized spacial score (nSPS) is 11.3. The summed E-state index contributed by atoms with van der Waals surface area (Å²) in [7, 11) is 0. The minimum atomic E-state index is -4.80. The van der Waals surface area contributed by atoms with Crippen LogP contribution in [0, 0.1) is 10.1 Å². The van der Waals surface area contributed by atoms with Gasteiger partial charge in [-0.1, -0.05) is 0 Å². The third-order valence-electron chi connectivity index (χ3n) is 1.88. The molecule has 1 aromatic rings. The number of ether oxygens (including phenoxy) is 1. The summed E-state index contributed by atoms with van der Waals surface area (Å²) < 4.78 is 42.0. The van der Waals surface area contributed by atoms with Gasteiger partial charge in [0.2, 0.25) is 0 Å². The Hall–Kier alpha value is -1.99. The summed E-state index contributed by atoms with van der Waals surface area (Å²) in [4.78, 5) is 9.62. The van der Waals surface area contributed by atoms with Crippen molar-refractivity contribution in [3.05, 3.63) is 27.8 Å². The molecule has 0 saturated heterocycles. The third-order valence-corrected chi connectivity index (χ3v) is 1.88. The Morgan fingerprint density at radius 1 is 1.47 bits per heavy atom. The highest BCUT2D eigenvalue weighted by Crippen LogP contribution is 2.42. The molecule has 94 valence electrons. The van der Waals surface area contributed by atoms with Crippen molar-refractivity contribution < 1.29 is 27.9 Å². The second kappa shape index (κ2) is 4.48. The second-order valence-electron chi connectivity index (χ2n) is 3.02. The smallest absolute Gasteiger partial charge is 0.420 e. The number of benzene rings is 1. The molecule has 0 saturated carbocycles. The van der Waals surface area contributed by atoms with Crippen LogP contribution < -0.4 is 4.74 Å². The number of phenolic OH excluding ortho intramolecular Hbond substituents is 1. The van der Waals surface area contributed by atoms with Gasteiger partial charge in [0.25, 0.3) is 0 Å². The van der Waals surface area contributed by atoms with E-state index in [2.05, 4.69) is 0 Å². The summed E-state index contributed by atoms with van der Waals surface area (Å²) in [5.74, 6) is -1.73. The van der Waals surface area contributed by atoms with Crippen LogP contribution in [0.25, 0.3) is 0 Å². The van der Waals surface area contributed by atoms with E-state index in [0.717, 1.165) is 0 Å². The molecule has 0 aliphatic carbocycles. The van der Waals surface area contributed by atoms with Gasteiger partial charge in [0.05, 0.1) is 17.6 Å². The van der Waals surface area contributed by atoms with E-state index in [-0.39, 0.29) is 6.61 Å². The summed E-state index contributed by atoms with van der Waals surface area (Å²) in [5, 5.41) is 19.6.